The molecule has 2 rings (SSSR count). The van der Waals surface area contributed by atoms with Gasteiger partial charge in [-0.25, -0.2) is 14.4 Å². The molecule has 0 bridgehead atoms. The van der Waals surface area contributed by atoms with E-state index in [1.165, 1.54) is 18.5 Å². The number of nitrogens with one attached hydrogen (secondary N) is 1. The molecular weight excluding hydrogens is 221 g/mol. The van der Waals surface area contributed by atoms with Gasteiger partial charge in [-0.15, -0.1) is 0 Å². The van der Waals surface area contributed by atoms with Crippen LogP contribution in [0, 0.1) is 12.7 Å². The van der Waals surface area contributed by atoms with Gasteiger partial charge in [-0.1, -0.05) is 6.07 Å². The van der Waals surface area contributed by atoms with Gasteiger partial charge in [-0.3, -0.25) is 0 Å². The average Bonchev–Trinajstić information content (AvgIpc) is 2.34. The van der Waals surface area contributed by atoms with Crippen LogP contribution in [0.1, 0.15) is 5.56 Å². The molecule has 1 N–H and O–H groups in total. The van der Waals surface area contributed by atoms with Crippen LogP contribution in [0.25, 0.3) is 0 Å². The summed E-state index contributed by atoms with van der Waals surface area (Å²) in [6.07, 6.45) is 1.38. The third-order valence-corrected chi connectivity index (χ3v) is 2.26. The van der Waals surface area contributed by atoms with E-state index in [9.17, 15) is 4.39 Å². The smallest absolute Gasteiger partial charge is 0.224 e. The Kier molecular flexibility index (Phi) is 3.18. The van der Waals surface area contributed by atoms with E-state index in [4.69, 9.17) is 4.74 Å². The molecule has 0 aliphatic carbocycles. The van der Waals surface area contributed by atoms with Crippen LogP contribution in [-0.2, 0) is 0 Å². The Morgan fingerprint density at radius 3 is 2.82 bits per heavy atom. The molecule has 17 heavy (non-hydrogen) atoms. The molecule has 0 saturated heterocycles. The molecule has 0 saturated carbocycles. The molecule has 0 spiro atoms. The summed E-state index contributed by atoms with van der Waals surface area (Å²) in [7, 11) is 1.75. The normalized spacial score (nSPS) is 10.1. The van der Waals surface area contributed by atoms with Crippen molar-refractivity contribution in [1.82, 2.24) is 9.97 Å². The lowest BCUT2D eigenvalue weighted by molar-refractivity contribution is 0.453. The Morgan fingerprint density at radius 2 is 2.06 bits per heavy atom. The number of benzene rings is 1. The van der Waals surface area contributed by atoms with Crippen LogP contribution in [0.2, 0.25) is 0 Å². The number of aromatic nitrogens is 2. The van der Waals surface area contributed by atoms with Crippen LogP contribution in [0.3, 0.4) is 0 Å². The Labute approximate surface area is 98.5 Å². The topological polar surface area (TPSA) is 47.0 Å². The van der Waals surface area contributed by atoms with Gasteiger partial charge in [-0.2, -0.15) is 0 Å². The molecule has 0 fully saturated rings. The van der Waals surface area contributed by atoms with Crippen LogP contribution in [0.4, 0.5) is 10.2 Å². The fourth-order valence-electron chi connectivity index (χ4n) is 1.33. The molecule has 1 heterocycles. The minimum atomic E-state index is -0.339. The van der Waals surface area contributed by atoms with Crippen molar-refractivity contribution in [2.45, 2.75) is 6.92 Å². The summed E-state index contributed by atoms with van der Waals surface area (Å²) in [6, 6.07) is 6.02. The summed E-state index contributed by atoms with van der Waals surface area (Å²) in [6.45, 7) is 1.84. The highest BCUT2D eigenvalue weighted by atomic mass is 19.1. The predicted molar refractivity (Wildman–Crippen MR) is 62.8 cm³/mol. The van der Waals surface area contributed by atoms with E-state index in [0.29, 0.717) is 17.4 Å². The molecule has 0 amide bonds. The molecule has 0 aliphatic rings. The molecule has 0 radical (unpaired) electrons. The van der Waals surface area contributed by atoms with Crippen molar-refractivity contribution in [2.75, 3.05) is 12.4 Å². The fourth-order valence-corrected chi connectivity index (χ4v) is 1.33. The van der Waals surface area contributed by atoms with Crippen LogP contribution in [0.5, 0.6) is 11.6 Å². The van der Waals surface area contributed by atoms with Gasteiger partial charge in [-0.05, 0) is 18.6 Å². The van der Waals surface area contributed by atoms with E-state index in [-0.39, 0.29) is 5.82 Å². The molecule has 2 aromatic rings. The van der Waals surface area contributed by atoms with Crippen molar-refractivity contribution in [3.63, 3.8) is 0 Å². The zero-order valence-electron chi connectivity index (χ0n) is 9.57. The molecule has 0 aliphatic heterocycles. The molecule has 5 heteroatoms. The van der Waals surface area contributed by atoms with Crippen molar-refractivity contribution in [1.29, 1.82) is 0 Å². The van der Waals surface area contributed by atoms with E-state index in [0.717, 1.165) is 5.56 Å². The third kappa shape index (κ3) is 2.69. The first kappa shape index (κ1) is 11.3. The monoisotopic (exact) mass is 233 g/mol. The van der Waals surface area contributed by atoms with Gasteiger partial charge in [0.15, 0.2) is 0 Å². The Hall–Kier alpha value is -2.17. The van der Waals surface area contributed by atoms with Gasteiger partial charge in [0.05, 0.1) is 0 Å². The summed E-state index contributed by atoms with van der Waals surface area (Å²) in [5.41, 5.74) is 0.844. The lowest BCUT2D eigenvalue weighted by Gasteiger charge is -2.08. The first-order chi connectivity index (χ1) is 8.19. The first-order valence-corrected chi connectivity index (χ1v) is 5.13. The number of hydrogen-bond acceptors (Lipinski definition) is 4. The van der Waals surface area contributed by atoms with E-state index < -0.39 is 0 Å². The second kappa shape index (κ2) is 4.78. The molecule has 4 nitrogen and oxygen atoms in total. The highest BCUT2D eigenvalue weighted by Crippen LogP contribution is 2.24. The number of halogens is 1. The second-order valence-electron chi connectivity index (χ2n) is 3.50. The standard InChI is InChI=1S/C12H12FN3O/c1-8-3-4-9(13)5-10(8)17-12-6-11(14-2)15-7-16-12/h3-7H,1-2H3,(H,14,15,16). The Balaban J connectivity index is 2.27. The van der Waals surface area contributed by atoms with E-state index in [2.05, 4.69) is 15.3 Å². The molecule has 0 unspecified atom stereocenters. The number of anilines is 1. The van der Waals surface area contributed by atoms with Crippen molar-refractivity contribution >= 4 is 5.82 Å². The highest BCUT2D eigenvalue weighted by molar-refractivity contribution is 5.40. The fraction of sp³-hybridized carbons (Fsp3) is 0.167. The lowest BCUT2D eigenvalue weighted by Crippen LogP contribution is -1.96. The van der Waals surface area contributed by atoms with Gasteiger partial charge in [0.25, 0.3) is 0 Å². The van der Waals surface area contributed by atoms with Crippen molar-refractivity contribution in [3.05, 3.63) is 42.0 Å². The lowest BCUT2D eigenvalue weighted by atomic mass is 10.2. The highest BCUT2D eigenvalue weighted by Gasteiger charge is 2.05. The van der Waals surface area contributed by atoms with Crippen molar-refractivity contribution in [3.8, 4) is 11.6 Å². The minimum absolute atomic E-state index is 0.339. The van der Waals surface area contributed by atoms with Crippen LogP contribution >= 0.6 is 0 Å². The van der Waals surface area contributed by atoms with E-state index in [1.54, 1.807) is 19.2 Å². The van der Waals surface area contributed by atoms with Gasteiger partial charge < -0.3 is 10.1 Å². The Bertz CT molecular complexity index is 531. The van der Waals surface area contributed by atoms with Gasteiger partial charge in [0.1, 0.15) is 23.7 Å². The van der Waals surface area contributed by atoms with Gasteiger partial charge in [0.2, 0.25) is 5.88 Å². The quantitative estimate of drug-likeness (QED) is 0.885. The molecule has 0 atom stereocenters. The average molecular weight is 233 g/mol. The maximum absolute atomic E-state index is 13.1. The van der Waals surface area contributed by atoms with Crippen LogP contribution in [0.15, 0.2) is 30.6 Å². The summed E-state index contributed by atoms with van der Waals surface area (Å²) < 4.78 is 18.6. The number of hydrogen-bond donors (Lipinski definition) is 1. The minimum Gasteiger partial charge on any atom is -0.438 e. The zero-order valence-corrected chi connectivity index (χ0v) is 9.57. The van der Waals surface area contributed by atoms with Crippen molar-refractivity contribution < 1.29 is 9.13 Å². The molecular formula is C12H12FN3O. The Morgan fingerprint density at radius 1 is 1.24 bits per heavy atom. The van der Waals surface area contributed by atoms with Crippen LogP contribution < -0.4 is 10.1 Å². The van der Waals surface area contributed by atoms with Crippen molar-refractivity contribution in [2.24, 2.45) is 0 Å². The second-order valence-corrected chi connectivity index (χ2v) is 3.50. The van der Waals surface area contributed by atoms with Gasteiger partial charge >= 0.3 is 0 Å². The molecule has 88 valence electrons. The number of aryl methyl sites for hydroxylation is 1. The maximum atomic E-state index is 13.1. The van der Waals surface area contributed by atoms with E-state index in [1.807, 2.05) is 6.92 Å². The number of rotatable bonds is 3. The SMILES string of the molecule is CNc1cc(Oc2cc(F)ccc2C)ncn1. The summed E-state index contributed by atoms with van der Waals surface area (Å²) in [5.74, 6) is 1.13. The van der Waals surface area contributed by atoms with Crippen LogP contribution in [-0.4, -0.2) is 17.0 Å². The summed E-state index contributed by atoms with van der Waals surface area (Å²) in [5, 5.41) is 2.87. The molecule has 1 aromatic carbocycles. The van der Waals surface area contributed by atoms with E-state index >= 15 is 0 Å². The molecule has 1 aromatic heterocycles. The first-order valence-electron chi connectivity index (χ1n) is 5.13. The number of ether oxygens (including phenoxy) is 1. The summed E-state index contributed by atoms with van der Waals surface area (Å²) in [4.78, 5) is 7.92. The third-order valence-electron chi connectivity index (χ3n) is 2.26. The largest absolute Gasteiger partial charge is 0.438 e. The maximum Gasteiger partial charge on any atom is 0.224 e. The zero-order chi connectivity index (χ0) is 12.3. The van der Waals surface area contributed by atoms with Gasteiger partial charge in [0, 0.05) is 19.2 Å². The number of nitrogens with zero attached hydrogens (tertiary/aromatic N) is 2. The predicted octanol–water partition coefficient (Wildman–Crippen LogP) is 2.76. The summed E-state index contributed by atoms with van der Waals surface area (Å²) >= 11 is 0.